The third-order valence-corrected chi connectivity index (χ3v) is 6.78. The predicted molar refractivity (Wildman–Crippen MR) is 141 cm³/mol. The summed E-state index contributed by atoms with van der Waals surface area (Å²) in [6, 6.07) is 12.5. The van der Waals surface area contributed by atoms with Crippen LogP contribution in [0.2, 0.25) is 0 Å². The molecule has 1 atom stereocenters. The van der Waals surface area contributed by atoms with Gasteiger partial charge in [0.15, 0.2) is 11.5 Å². The number of benzene rings is 2. The van der Waals surface area contributed by atoms with Crippen LogP contribution < -0.4 is 18.9 Å². The second-order valence-corrected chi connectivity index (χ2v) is 10.9. The number of nitrogens with zero attached hydrogens (tertiary/aromatic N) is 1. The summed E-state index contributed by atoms with van der Waals surface area (Å²) in [6.07, 6.45) is 1.03. The highest BCUT2D eigenvalue weighted by molar-refractivity contribution is 5.55. The fraction of sp³-hybridized carbons (Fsp3) is 0.586. The monoisotopic (exact) mass is 485 g/mol. The van der Waals surface area contributed by atoms with Crippen LogP contribution in [0.15, 0.2) is 36.4 Å². The van der Waals surface area contributed by atoms with Crippen LogP contribution in [0.1, 0.15) is 52.2 Å². The number of hydrogen-bond acceptors (Lipinski definition) is 6. The van der Waals surface area contributed by atoms with E-state index in [4.69, 9.17) is 23.7 Å². The fourth-order valence-electron chi connectivity index (χ4n) is 4.61. The van der Waals surface area contributed by atoms with Crippen LogP contribution in [0.25, 0.3) is 0 Å². The Morgan fingerprint density at radius 2 is 1.60 bits per heavy atom. The zero-order valence-corrected chi connectivity index (χ0v) is 22.8. The van der Waals surface area contributed by atoms with Gasteiger partial charge in [-0.1, -0.05) is 46.8 Å². The second kappa shape index (κ2) is 11.5. The van der Waals surface area contributed by atoms with Gasteiger partial charge in [0.1, 0.15) is 12.4 Å². The van der Waals surface area contributed by atoms with Gasteiger partial charge < -0.3 is 23.7 Å². The Labute approximate surface area is 211 Å². The Balaban J connectivity index is 1.59. The minimum atomic E-state index is -0.135. The van der Waals surface area contributed by atoms with Crippen molar-refractivity contribution in [3.05, 3.63) is 47.5 Å². The molecule has 0 saturated carbocycles. The molecule has 2 aromatic rings. The molecule has 1 unspecified atom stereocenters. The van der Waals surface area contributed by atoms with E-state index in [9.17, 15) is 0 Å². The van der Waals surface area contributed by atoms with Crippen LogP contribution in [0.5, 0.6) is 23.0 Å². The van der Waals surface area contributed by atoms with E-state index < -0.39 is 0 Å². The molecule has 0 aliphatic carbocycles. The number of hydrogen-bond donors (Lipinski definition) is 0. The Hall–Kier alpha value is -2.44. The third-order valence-electron chi connectivity index (χ3n) is 6.78. The van der Waals surface area contributed by atoms with Gasteiger partial charge in [-0.05, 0) is 52.6 Å². The lowest BCUT2D eigenvalue weighted by Crippen LogP contribution is -2.46. The van der Waals surface area contributed by atoms with Crippen LogP contribution in [0.3, 0.4) is 0 Å². The van der Waals surface area contributed by atoms with E-state index >= 15 is 0 Å². The van der Waals surface area contributed by atoms with Gasteiger partial charge in [0.2, 0.25) is 5.75 Å². The van der Waals surface area contributed by atoms with E-state index in [1.807, 2.05) is 18.2 Å². The van der Waals surface area contributed by atoms with Crippen LogP contribution in [-0.4, -0.2) is 65.2 Å². The summed E-state index contributed by atoms with van der Waals surface area (Å²) in [5, 5.41) is 0. The SMILES string of the molecule is COc1cc(C(C)(C)CC2CN(CCOc3cccc(C(C)(C)C)c3)CCO2)cc(OC)c1OC. The predicted octanol–water partition coefficient (Wildman–Crippen LogP) is 5.46. The topological polar surface area (TPSA) is 49.4 Å². The molecule has 1 aliphatic heterocycles. The van der Waals surface area contributed by atoms with Crippen LogP contribution in [0, 0.1) is 0 Å². The molecule has 0 aromatic heterocycles. The molecule has 0 bridgehead atoms. The summed E-state index contributed by atoms with van der Waals surface area (Å²) in [5.41, 5.74) is 2.40. The van der Waals surface area contributed by atoms with Gasteiger partial charge in [0.25, 0.3) is 0 Å². The van der Waals surface area contributed by atoms with Gasteiger partial charge in [-0.2, -0.15) is 0 Å². The Kier molecular flexibility index (Phi) is 8.94. The lowest BCUT2D eigenvalue weighted by atomic mass is 9.79. The van der Waals surface area contributed by atoms with Crippen LogP contribution >= 0.6 is 0 Å². The number of morpholine rings is 1. The molecular weight excluding hydrogens is 442 g/mol. The van der Waals surface area contributed by atoms with E-state index in [1.165, 1.54) is 5.56 Å². The summed E-state index contributed by atoms with van der Waals surface area (Å²) >= 11 is 0. The first-order valence-corrected chi connectivity index (χ1v) is 12.4. The van der Waals surface area contributed by atoms with Crippen molar-refractivity contribution in [1.82, 2.24) is 4.90 Å². The number of ether oxygens (including phenoxy) is 5. The number of rotatable bonds is 10. The highest BCUT2D eigenvalue weighted by Crippen LogP contribution is 2.42. The lowest BCUT2D eigenvalue weighted by Gasteiger charge is -2.37. The molecule has 0 radical (unpaired) electrons. The summed E-state index contributed by atoms with van der Waals surface area (Å²) < 4.78 is 28.9. The summed E-state index contributed by atoms with van der Waals surface area (Å²) in [4.78, 5) is 2.44. The molecule has 0 N–H and O–H groups in total. The molecule has 0 amide bonds. The first-order valence-electron chi connectivity index (χ1n) is 12.4. The van der Waals surface area contributed by atoms with Crippen molar-refractivity contribution in [3.63, 3.8) is 0 Å². The summed E-state index contributed by atoms with van der Waals surface area (Å²) in [6.45, 7) is 15.2. The van der Waals surface area contributed by atoms with Crippen molar-refractivity contribution >= 4 is 0 Å². The minimum absolute atomic E-state index is 0.113. The Morgan fingerprint density at radius 3 is 2.20 bits per heavy atom. The molecule has 6 heteroatoms. The molecule has 194 valence electrons. The second-order valence-electron chi connectivity index (χ2n) is 10.9. The molecule has 6 nitrogen and oxygen atoms in total. The molecule has 3 rings (SSSR count). The molecule has 1 fully saturated rings. The molecule has 1 heterocycles. The first kappa shape index (κ1) is 27.2. The Morgan fingerprint density at radius 1 is 0.914 bits per heavy atom. The van der Waals surface area contributed by atoms with Gasteiger partial charge >= 0.3 is 0 Å². The average molecular weight is 486 g/mol. The molecule has 1 aliphatic rings. The maximum atomic E-state index is 6.17. The van der Waals surface area contributed by atoms with Crippen molar-refractivity contribution in [1.29, 1.82) is 0 Å². The Bertz CT molecular complexity index is 941. The standard InChI is InChI=1S/C29H43NO5/c1-28(2,3)21-10-9-11-23(16-21)34-14-12-30-13-15-35-24(20-30)19-29(4,5)22-17-25(31-6)27(33-8)26(18-22)32-7/h9-11,16-18,24H,12-15,19-20H2,1-8H3. The van der Waals surface area contributed by atoms with Crippen molar-refractivity contribution < 1.29 is 23.7 Å². The highest BCUT2D eigenvalue weighted by Gasteiger charge is 2.31. The minimum Gasteiger partial charge on any atom is -0.493 e. The first-order chi connectivity index (χ1) is 16.6. The quantitative estimate of drug-likeness (QED) is 0.446. The molecule has 35 heavy (non-hydrogen) atoms. The smallest absolute Gasteiger partial charge is 0.203 e. The van der Waals surface area contributed by atoms with E-state index in [0.717, 1.165) is 44.0 Å². The van der Waals surface area contributed by atoms with Crippen molar-refractivity contribution in [2.75, 3.05) is 54.2 Å². The van der Waals surface area contributed by atoms with Gasteiger partial charge in [0.05, 0.1) is 34.0 Å². The van der Waals surface area contributed by atoms with Crippen LogP contribution in [0.4, 0.5) is 0 Å². The van der Waals surface area contributed by atoms with Crippen molar-refractivity contribution in [3.8, 4) is 23.0 Å². The lowest BCUT2D eigenvalue weighted by molar-refractivity contribution is -0.0427. The zero-order valence-electron chi connectivity index (χ0n) is 22.8. The normalized spacial score (nSPS) is 17.2. The highest BCUT2D eigenvalue weighted by atomic mass is 16.5. The van der Waals surface area contributed by atoms with Gasteiger partial charge in [-0.25, -0.2) is 0 Å². The van der Waals surface area contributed by atoms with Gasteiger partial charge in [0, 0.05) is 19.6 Å². The average Bonchev–Trinajstić information content (AvgIpc) is 2.82. The molecule has 0 spiro atoms. The summed E-state index contributed by atoms with van der Waals surface area (Å²) in [7, 11) is 4.93. The largest absolute Gasteiger partial charge is 0.493 e. The summed E-state index contributed by atoms with van der Waals surface area (Å²) in [5.74, 6) is 2.90. The zero-order chi connectivity index (χ0) is 25.6. The van der Waals surface area contributed by atoms with E-state index in [0.29, 0.717) is 23.9 Å². The molecule has 2 aromatic carbocycles. The molecular formula is C29H43NO5. The van der Waals surface area contributed by atoms with E-state index in [-0.39, 0.29) is 16.9 Å². The third kappa shape index (κ3) is 7.05. The maximum absolute atomic E-state index is 6.17. The maximum Gasteiger partial charge on any atom is 0.203 e. The number of methoxy groups -OCH3 is 3. The van der Waals surface area contributed by atoms with E-state index in [2.05, 4.69) is 57.7 Å². The van der Waals surface area contributed by atoms with Crippen molar-refractivity contribution in [2.24, 2.45) is 0 Å². The van der Waals surface area contributed by atoms with Crippen LogP contribution in [-0.2, 0) is 15.6 Å². The molecule has 1 saturated heterocycles. The fourth-order valence-corrected chi connectivity index (χ4v) is 4.61. The van der Waals surface area contributed by atoms with E-state index in [1.54, 1.807) is 21.3 Å². The van der Waals surface area contributed by atoms with Gasteiger partial charge in [-0.3, -0.25) is 4.90 Å². The van der Waals surface area contributed by atoms with Crippen molar-refractivity contribution in [2.45, 2.75) is 58.0 Å². The van der Waals surface area contributed by atoms with Gasteiger partial charge in [-0.15, -0.1) is 0 Å².